The summed E-state index contributed by atoms with van der Waals surface area (Å²) in [6.07, 6.45) is 3.12. The second kappa shape index (κ2) is 25.3. The fraction of sp³-hybridized carbons (Fsp3) is 0.340. The maximum atomic E-state index is 14.1. The molecular weight excluding hydrogens is 801 g/mol. The molecule has 0 aromatic heterocycles. The summed E-state index contributed by atoms with van der Waals surface area (Å²) < 4.78 is 11.1. The Labute approximate surface area is 368 Å². The molecule has 0 aliphatic heterocycles. The number of primary amides is 1. The number of ether oxygens (including phenoxy) is 2. The first-order valence-corrected chi connectivity index (χ1v) is 21.0. The molecule has 4 rings (SSSR count). The molecule has 13 nitrogen and oxygen atoms in total. The van der Waals surface area contributed by atoms with Gasteiger partial charge >= 0.3 is 0 Å². The highest BCUT2D eigenvalue weighted by Crippen LogP contribution is 2.22. The Bertz CT molecular complexity index is 2220. The molecule has 0 saturated carbocycles. The molecule has 0 heterocycles. The second-order valence-electron chi connectivity index (χ2n) is 15.9. The minimum absolute atomic E-state index is 0.00506. The van der Waals surface area contributed by atoms with Crippen molar-refractivity contribution in [1.29, 1.82) is 0 Å². The predicted molar refractivity (Wildman–Crippen MR) is 241 cm³/mol. The first-order chi connectivity index (χ1) is 30.3. The lowest BCUT2D eigenvalue weighted by Gasteiger charge is -2.25. The van der Waals surface area contributed by atoms with E-state index in [-0.39, 0.29) is 57.0 Å². The average molecular weight is 859 g/mol. The number of rotatable bonds is 28. The van der Waals surface area contributed by atoms with E-state index in [1.807, 2.05) is 86.6 Å². The standard InChI is InChI=1S/C50H58N4O9/c1-5-22-62-32-44(47(58)50(61)52-31-41(55)29-39(48(51)59)26-36-16-19-37-14-10-11-15-38(37)25-36)54-49(60)40(24-33(3)4)30-45(56)43(53-46(57)28-34-12-8-7-9-13-34)27-35-17-20-42(21-18-35)63-23-6-2/h5-21,25,33,39-40,43-44H,1-2,22-24,26-32H2,3-4H3,(H2,51,59)(H,52,61)(H,53,57)(H,54,60). The van der Waals surface area contributed by atoms with Crippen molar-refractivity contribution >= 4 is 51.8 Å². The molecule has 13 heteroatoms. The number of Topliss-reactive ketones (excluding diaryl/α,β-unsaturated/α-hetero) is 3. The Balaban J connectivity index is 1.44. The molecular formula is C50H58N4O9. The van der Waals surface area contributed by atoms with Gasteiger partial charge in [-0.3, -0.25) is 33.6 Å². The van der Waals surface area contributed by atoms with E-state index in [1.54, 1.807) is 30.3 Å². The molecule has 332 valence electrons. The van der Waals surface area contributed by atoms with Crippen LogP contribution in [0.15, 0.2) is 122 Å². The minimum atomic E-state index is -1.48. The monoisotopic (exact) mass is 858 g/mol. The second-order valence-corrected chi connectivity index (χ2v) is 15.9. The van der Waals surface area contributed by atoms with Gasteiger partial charge in [-0.15, -0.1) is 6.58 Å². The quantitative estimate of drug-likeness (QED) is 0.0346. The number of ketones is 3. The normalized spacial score (nSPS) is 12.9. The molecule has 5 N–H and O–H groups in total. The number of fused-ring (bicyclic) bond motifs is 1. The summed E-state index contributed by atoms with van der Waals surface area (Å²) >= 11 is 0. The van der Waals surface area contributed by atoms with E-state index in [0.717, 1.165) is 27.5 Å². The largest absolute Gasteiger partial charge is 0.490 e. The Kier molecular flexibility index (Phi) is 19.6. The number of carbonyl (C=O) groups is 7. The highest BCUT2D eigenvalue weighted by molar-refractivity contribution is 6.38. The van der Waals surface area contributed by atoms with Gasteiger partial charge in [0.1, 0.15) is 18.4 Å². The average Bonchev–Trinajstić information content (AvgIpc) is 3.26. The molecule has 63 heavy (non-hydrogen) atoms. The summed E-state index contributed by atoms with van der Waals surface area (Å²) in [5.41, 5.74) is 7.97. The van der Waals surface area contributed by atoms with Crippen molar-refractivity contribution in [3.8, 4) is 5.75 Å². The Hall–Kier alpha value is -6.73. The zero-order chi connectivity index (χ0) is 45.7. The summed E-state index contributed by atoms with van der Waals surface area (Å²) in [5.74, 6) is -6.15. The van der Waals surface area contributed by atoms with Gasteiger partial charge in [-0.05, 0) is 64.8 Å². The van der Waals surface area contributed by atoms with Gasteiger partial charge in [-0.2, -0.15) is 0 Å². The van der Waals surface area contributed by atoms with Crippen LogP contribution in [0.4, 0.5) is 0 Å². The van der Waals surface area contributed by atoms with Crippen LogP contribution in [0, 0.1) is 17.8 Å². The highest BCUT2D eigenvalue weighted by atomic mass is 16.5. The lowest BCUT2D eigenvalue weighted by atomic mass is 9.88. The van der Waals surface area contributed by atoms with E-state index in [1.165, 1.54) is 6.08 Å². The van der Waals surface area contributed by atoms with Gasteiger partial charge in [0.25, 0.3) is 5.91 Å². The van der Waals surface area contributed by atoms with E-state index in [2.05, 4.69) is 29.1 Å². The molecule has 0 saturated heterocycles. The van der Waals surface area contributed by atoms with E-state index in [0.29, 0.717) is 12.4 Å². The molecule has 4 unspecified atom stereocenters. The fourth-order valence-electron chi connectivity index (χ4n) is 7.06. The van der Waals surface area contributed by atoms with E-state index >= 15 is 0 Å². The molecule has 4 atom stereocenters. The summed E-state index contributed by atoms with van der Waals surface area (Å²) in [5, 5.41) is 9.79. The molecule has 0 spiro atoms. The summed E-state index contributed by atoms with van der Waals surface area (Å²) in [7, 11) is 0. The van der Waals surface area contributed by atoms with Gasteiger partial charge in [0.15, 0.2) is 11.6 Å². The van der Waals surface area contributed by atoms with Crippen LogP contribution in [0.25, 0.3) is 10.8 Å². The van der Waals surface area contributed by atoms with Crippen molar-refractivity contribution in [2.75, 3.05) is 26.4 Å². The van der Waals surface area contributed by atoms with Crippen molar-refractivity contribution in [2.24, 2.45) is 23.5 Å². The number of hydrogen-bond donors (Lipinski definition) is 4. The minimum Gasteiger partial charge on any atom is -0.490 e. The summed E-state index contributed by atoms with van der Waals surface area (Å²) in [6.45, 7) is 10.4. The first-order valence-electron chi connectivity index (χ1n) is 21.0. The van der Waals surface area contributed by atoms with Crippen LogP contribution < -0.4 is 26.4 Å². The van der Waals surface area contributed by atoms with Gasteiger partial charge < -0.3 is 31.2 Å². The molecule has 0 bridgehead atoms. The van der Waals surface area contributed by atoms with Gasteiger partial charge in [0.2, 0.25) is 23.5 Å². The van der Waals surface area contributed by atoms with Gasteiger partial charge in [-0.25, -0.2) is 0 Å². The molecule has 0 radical (unpaired) electrons. The van der Waals surface area contributed by atoms with Crippen molar-refractivity contribution < 1.29 is 43.0 Å². The van der Waals surface area contributed by atoms with Crippen molar-refractivity contribution in [3.63, 3.8) is 0 Å². The lowest BCUT2D eigenvalue weighted by Crippen LogP contribution is -2.52. The van der Waals surface area contributed by atoms with Crippen molar-refractivity contribution in [1.82, 2.24) is 16.0 Å². The molecule has 4 aromatic rings. The number of amides is 4. The Morgan fingerprint density at radius 3 is 2.03 bits per heavy atom. The topological polar surface area (TPSA) is 200 Å². The fourth-order valence-corrected chi connectivity index (χ4v) is 7.06. The SMILES string of the molecule is C=CCOCC(NC(=O)C(CC(=O)C(Cc1ccc(OCC=C)cc1)NC(=O)Cc1ccccc1)CC(C)C)C(=O)C(=O)NCC(=O)CC(Cc1ccc2ccccc2c1)C(N)=O. The first kappa shape index (κ1) is 48.9. The number of carbonyl (C=O) groups excluding carboxylic acids is 7. The van der Waals surface area contributed by atoms with Gasteiger partial charge in [-0.1, -0.05) is 118 Å². The van der Waals surface area contributed by atoms with E-state index in [9.17, 15) is 33.6 Å². The maximum Gasteiger partial charge on any atom is 0.290 e. The van der Waals surface area contributed by atoms with E-state index in [4.69, 9.17) is 15.2 Å². The van der Waals surface area contributed by atoms with E-state index < -0.39 is 72.1 Å². The van der Waals surface area contributed by atoms with Crippen LogP contribution in [0.2, 0.25) is 0 Å². The van der Waals surface area contributed by atoms with Crippen molar-refractivity contribution in [2.45, 2.75) is 64.5 Å². The molecule has 0 fully saturated rings. The zero-order valence-corrected chi connectivity index (χ0v) is 36.0. The Morgan fingerprint density at radius 1 is 0.698 bits per heavy atom. The molecule has 4 aromatic carbocycles. The Morgan fingerprint density at radius 2 is 1.37 bits per heavy atom. The summed E-state index contributed by atoms with van der Waals surface area (Å²) in [4.78, 5) is 93.5. The number of nitrogens with one attached hydrogen (secondary N) is 3. The number of hydrogen-bond acceptors (Lipinski definition) is 9. The van der Waals surface area contributed by atoms with Gasteiger partial charge in [0, 0.05) is 24.7 Å². The third kappa shape index (κ3) is 16.6. The zero-order valence-electron chi connectivity index (χ0n) is 36.0. The lowest BCUT2D eigenvalue weighted by molar-refractivity contribution is -0.142. The number of benzene rings is 4. The summed E-state index contributed by atoms with van der Waals surface area (Å²) in [6, 6.07) is 27.1. The van der Waals surface area contributed by atoms with Crippen LogP contribution in [-0.4, -0.2) is 79.4 Å². The van der Waals surface area contributed by atoms with Crippen LogP contribution >= 0.6 is 0 Å². The third-order valence-electron chi connectivity index (χ3n) is 10.2. The van der Waals surface area contributed by atoms with Crippen LogP contribution in [-0.2, 0) is 57.6 Å². The van der Waals surface area contributed by atoms with Crippen molar-refractivity contribution in [3.05, 3.63) is 139 Å². The number of nitrogens with two attached hydrogens (primary N) is 1. The molecule has 0 aliphatic carbocycles. The molecule has 4 amide bonds. The third-order valence-corrected chi connectivity index (χ3v) is 10.2. The van der Waals surface area contributed by atoms with Gasteiger partial charge in [0.05, 0.1) is 32.2 Å². The predicted octanol–water partition coefficient (Wildman–Crippen LogP) is 4.97. The molecule has 0 aliphatic rings. The van der Waals surface area contributed by atoms with Crippen LogP contribution in [0.3, 0.4) is 0 Å². The van der Waals surface area contributed by atoms with Crippen LogP contribution in [0.1, 0.15) is 49.8 Å². The van der Waals surface area contributed by atoms with Crippen LogP contribution in [0.5, 0.6) is 5.75 Å². The smallest absolute Gasteiger partial charge is 0.290 e. The maximum absolute atomic E-state index is 14.1. The highest BCUT2D eigenvalue weighted by Gasteiger charge is 2.33.